The third-order valence-corrected chi connectivity index (χ3v) is 4.25. The number of aliphatic hydroxyl groups is 1. The molecule has 0 saturated carbocycles. The lowest BCUT2D eigenvalue weighted by molar-refractivity contribution is 0.305. The molecule has 104 valence electrons. The molecular formula is C16H22O2S. The van der Waals surface area contributed by atoms with Gasteiger partial charge in [-0.3, -0.25) is 0 Å². The minimum atomic E-state index is 0.111. The molecular weight excluding hydrogens is 256 g/mol. The molecule has 3 heteroatoms. The van der Waals surface area contributed by atoms with Crippen LogP contribution < -0.4 is 4.74 Å². The van der Waals surface area contributed by atoms with E-state index < -0.39 is 0 Å². The van der Waals surface area contributed by atoms with Crippen LogP contribution in [0.25, 0.3) is 0 Å². The minimum absolute atomic E-state index is 0.111. The summed E-state index contributed by atoms with van der Waals surface area (Å²) in [5.41, 5.74) is 2.24. The monoisotopic (exact) mass is 278 g/mol. The van der Waals surface area contributed by atoms with Crippen molar-refractivity contribution in [2.45, 2.75) is 37.7 Å². The van der Waals surface area contributed by atoms with Crippen molar-refractivity contribution in [3.63, 3.8) is 0 Å². The van der Waals surface area contributed by atoms with Crippen LogP contribution in [0.4, 0.5) is 0 Å². The number of thioether (sulfide) groups is 1. The average molecular weight is 278 g/mol. The molecule has 1 aromatic rings. The number of rotatable bonds is 6. The number of benzene rings is 1. The summed E-state index contributed by atoms with van der Waals surface area (Å²) in [6, 6.07) is 5.98. The van der Waals surface area contributed by atoms with Gasteiger partial charge < -0.3 is 9.84 Å². The highest BCUT2D eigenvalue weighted by atomic mass is 32.2. The molecule has 0 radical (unpaired) electrons. The van der Waals surface area contributed by atoms with Crippen LogP contribution in [0.15, 0.2) is 18.2 Å². The van der Waals surface area contributed by atoms with Crippen LogP contribution in [0.3, 0.4) is 0 Å². The molecule has 0 aliphatic rings. The molecule has 1 atom stereocenters. The first-order valence-corrected chi connectivity index (χ1v) is 7.64. The topological polar surface area (TPSA) is 29.5 Å². The van der Waals surface area contributed by atoms with Gasteiger partial charge in [-0.15, -0.1) is 0 Å². The van der Waals surface area contributed by atoms with E-state index in [9.17, 15) is 0 Å². The van der Waals surface area contributed by atoms with Crippen molar-refractivity contribution in [1.29, 1.82) is 0 Å². The van der Waals surface area contributed by atoms with Gasteiger partial charge in [0.15, 0.2) is 0 Å². The fourth-order valence-electron chi connectivity index (χ4n) is 1.50. The van der Waals surface area contributed by atoms with E-state index in [2.05, 4.69) is 31.8 Å². The first-order chi connectivity index (χ1) is 9.21. The Labute approximate surface area is 120 Å². The number of aliphatic hydroxyl groups excluding tert-OH is 1. The zero-order valence-corrected chi connectivity index (χ0v) is 12.7. The van der Waals surface area contributed by atoms with Gasteiger partial charge in [0, 0.05) is 23.0 Å². The van der Waals surface area contributed by atoms with E-state index in [0.717, 1.165) is 17.1 Å². The molecule has 0 aliphatic carbocycles. The van der Waals surface area contributed by atoms with Gasteiger partial charge in [-0.1, -0.05) is 25.7 Å². The lowest BCUT2D eigenvalue weighted by Gasteiger charge is -2.11. The maximum Gasteiger partial charge on any atom is 0.119 e. The molecule has 1 N–H and O–H groups in total. The summed E-state index contributed by atoms with van der Waals surface area (Å²) in [6.07, 6.45) is 1.68. The number of hydrogen-bond donors (Lipinski definition) is 1. The summed E-state index contributed by atoms with van der Waals surface area (Å²) in [5.74, 6) is 7.92. The van der Waals surface area contributed by atoms with Crippen LogP contribution in [-0.4, -0.2) is 24.1 Å². The van der Waals surface area contributed by atoms with Gasteiger partial charge in [-0.2, -0.15) is 11.8 Å². The normalized spacial score (nSPS) is 11.6. The summed E-state index contributed by atoms with van der Waals surface area (Å²) < 4.78 is 5.27. The van der Waals surface area contributed by atoms with Gasteiger partial charge >= 0.3 is 0 Å². The van der Waals surface area contributed by atoms with Crippen LogP contribution in [0.2, 0.25) is 0 Å². The molecule has 0 aromatic heterocycles. The van der Waals surface area contributed by atoms with E-state index in [0.29, 0.717) is 11.7 Å². The summed E-state index contributed by atoms with van der Waals surface area (Å²) in [6.45, 7) is 4.55. The third kappa shape index (κ3) is 5.59. The van der Waals surface area contributed by atoms with Gasteiger partial charge in [0.05, 0.1) is 13.7 Å². The van der Waals surface area contributed by atoms with E-state index in [1.165, 1.54) is 12.0 Å². The maximum absolute atomic E-state index is 8.78. The van der Waals surface area contributed by atoms with Gasteiger partial charge in [-0.05, 0) is 30.2 Å². The minimum Gasteiger partial charge on any atom is -0.497 e. The highest BCUT2D eigenvalue weighted by Gasteiger charge is 2.06. The molecule has 0 fully saturated rings. The summed E-state index contributed by atoms with van der Waals surface area (Å²) in [4.78, 5) is 0. The first kappa shape index (κ1) is 15.9. The predicted molar refractivity (Wildman–Crippen MR) is 82.6 cm³/mol. The Balaban J connectivity index is 2.87. The lowest BCUT2D eigenvalue weighted by Crippen LogP contribution is -1.96. The van der Waals surface area contributed by atoms with Gasteiger partial charge in [0.1, 0.15) is 5.75 Å². The van der Waals surface area contributed by atoms with Crippen molar-refractivity contribution in [1.82, 2.24) is 0 Å². The van der Waals surface area contributed by atoms with E-state index in [1.807, 2.05) is 23.9 Å². The fraction of sp³-hybridized carbons (Fsp3) is 0.500. The van der Waals surface area contributed by atoms with Gasteiger partial charge in [0.2, 0.25) is 0 Å². The van der Waals surface area contributed by atoms with Crippen LogP contribution >= 0.6 is 11.8 Å². The second kappa shape index (κ2) is 8.90. The maximum atomic E-state index is 8.78. The molecule has 0 spiro atoms. The Bertz CT molecular complexity index is 446. The summed E-state index contributed by atoms with van der Waals surface area (Å²) in [5, 5.41) is 9.42. The van der Waals surface area contributed by atoms with Crippen molar-refractivity contribution in [3.8, 4) is 17.6 Å². The van der Waals surface area contributed by atoms with E-state index in [4.69, 9.17) is 9.84 Å². The quantitative estimate of drug-likeness (QED) is 0.808. The molecule has 1 rings (SSSR count). The SMILES string of the molecule is CCC(C)SCc1cc(OC)ccc1C#CCCO. The van der Waals surface area contributed by atoms with Crippen molar-refractivity contribution in [3.05, 3.63) is 29.3 Å². The molecule has 0 aliphatic heterocycles. The standard InChI is InChI=1S/C16H22O2S/c1-4-13(2)19-12-15-11-16(18-3)9-8-14(15)7-5-6-10-17/h8-9,11,13,17H,4,6,10,12H2,1-3H3. The Hall–Kier alpha value is -1.11. The Kier molecular flexibility index (Phi) is 7.47. The highest BCUT2D eigenvalue weighted by molar-refractivity contribution is 7.99. The van der Waals surface area contributed by atoms with E-state index in [-0.39, 0.29) is 6.61 Å². The van der Waals surface area contributed by atoms with Gasteiger partial charge in [0.25, 0.3) is 0 Å². The van der Waals surface area contributed by atoms with E-state index in [1.54, 1.807) is 7.11 Å². The molecule has 1 unspecified atom stereocenters. The molecule has 19 heavy (non-hydrogen) atoms. The highest BCUT2D eigenvalue weighted by Crippen LogP contribution is 2.25. The average Bonchev–Trinajstić information content (AvgIpc) is 2.45. The van der Waals surface area contributed by atoms with Gasteiger partial charge in [-0.25, -0.2) is 0 Å². The molecule has 0 bridgehead atoms. The number of hydrogen-bond acceptors (Lipinski definition) is 3. The molecule has 0 saturated heterocycles. The Morgan fingerprint density at radius 3 is 2.84 bits per heavy atom. The first-order valence-electron chi connectivity index (χ1n) is 6.59. The van der Waals surface area contributed by atoms with E-state index >= 15 is 0 Å². The second-order valence-corrected chi connectivity index (χ2v) is 5.76. The molecule has 2 nitrogen and oxygen atoms in total. The third-order valence-electron chi connectivity index (χ3n) is 2.87. The number of methoxy groups -OCH3 is 1. The van der Waals surface area contributed by atoms with Crippen molar-refractivity contribution in [2.24, 2.45) is 0 Å². The smallest absolute Gasteiger partial charge is 0.119 e. The lowest BCUT2D eigenvalue weighted by atomic mass is 10.1. The molecule has 0 amide bonds. The summed E-state index contributed by atoms with van der Waals surface area (Å²) in [7, 11) is 1.68. The largest absolute Gasteiger partial charge is 0.497 e. The molecule has 0 heterocycles. The molecule has 1 aromatic carbocycles. The van der Waals surface area contributed by atoms with Crippen molar-refractivity contribution >= 4 is 11.8 Å². The second-order valence-electron chi connectivity index (χ2n) is 4.33. The van der Waals surface area contributed by atoms with Crippen molar-refractivity contribution < 1.29 is 9.84 Å². The number of ether oxygens (including phenoxy) is 1. The zero-order valence-electron chi connectivity index (χ0n) is 11.9. The van der Waals surface area contributed by atoms with Crippen LogP contribution in [0.5, 0.6) is 5.75 Å². The Morgan fingerprint density at radius 1 is 1.42 bits per heavy atom. The fourth-order valence-corrected chi connectivity index (χ4v) is 2.44. The van der Waals surface area contributed by atoms with Crippen LogP contribution in [0.1, 0.15) is 37.8 Å². The predicted octanol–water partition coefficient (Wildman–Crippen LogP) is 3.46. The van der Waals surface area contributed by atoms with Crippen LogP contribution in [-0.2, 0) is 5.75 Å². The van der Waals surface area contributed by atoms with Crippen LogP contribution in [0, 0.1) is 11.8 Å². The zero-order chi connectivity index (χ0) is 14.1. The van der Waals surface area contributed by atoms with Crippen molar-refractivity contribution in [2.75, 3.05) is 13.7 Å². The summed E-state index contributed by atoms with van der Waals surface area (Å²) >= 11 is 1.93. The Morgan fingerprint density at radius 2 is 2.21 bits per heavy atom.